The zero-order valence-corrected chi connectivity index (χ0v) is 10.3. The van der Waals surface area contributed by atoms with Gasteiger partial charge >= 0.3 is 0 Å². The minimum absolute atomic E-state index is 0.698. The molecule has 0 fully saturated rings. The third-order valence-electron chi connectivity index (χ3n) is 2.49. The van der Waals surface area contributed by atoms with Gasteiger partial charge in [-0.1, -0.05) is 54.1 Å². The van der Waals surface area contributed by atoms with Crippen LogP contribution in [0.2, 0.25) is 5.02 Å². The first-order valence-electron chi connectivity index (χ1n) is 5.67. The van der Waals surface area contributed by atoms with Crippen LogP contribution in [0.15, 0.2) is 59.6 Å². The van der Waals surface area contributed by atoms with E-state index >= 15 is 0 Å². The maximum atomic E-state index is 6.01. The van der Waals surface area contributed by atoms with Crippen LogP contribution in [0.25, 0.3) is 0 Å². The topological polar surface area (TPSA) is 12.4 Å². The predicted octanol–water partition coefficient (Wildman–Crippen LogP) is 4.68. The maximum absolute atomic E-state index is 6.01. The Morgan fingerprint density at radius 2 is 1.65 bits per heavy atom. The molecule has 2 aromatic rings. The Balaban J connectivity index is 1.89. The second-order valence-electron chi connectivity index (χ2n) is 3.79. The molecule has 2 aromatic carbocycles. The maximum Gasteiger partial charge on any atom is 0.0811 e. The molecular weight excluding hydrogens is 230 g/mol. The van der Waals surface area contributed by atoms with E-state index < -0.39 is 0 Å². The van der Waals surface area contributed by atoms with Gasteiger partial charge in [-0.3, -0.25) is 4.99 Å². The van der Waals surface area contributed by atoms with E-state index in [2.05, 4.69) is 29.3 Å². The van der Waals surface area contributed by atoms with E-state index in [-0.39, 0.29) is 0 Å². The molecule has 0 saturated heterocycles. The molecule has 0 amide bonds. The van der Waals surface area contributed by atoms with Crippen molar-refractivity contribution in [3.63, 3.8) is 0 Å². The number of halogens is 1. The molecule has 0 spiro atoms. The Labute approximate surface area is 107 Å². The number of para-hydroxylation sites is 1. The summed E-state index contributed by atoms with van der Waals surface area (Å²) in [6.07, 6.45) is 3.86. The van der Waals surface area contributed by atoms with E-state index in [0.29, 0.717) is 5.02 Å². The third-order valence-corrected chi connectivity index (χ3v) is 2.81. The average Bonchev–Trinajstić information content (AvgIpc) is 2.38. The lowest BCUT2D eigenvalue weighted by molar-refractivity contribution is 1.05. The highest BCUT2D eigenvalue weighted by Gasteiger charge is 1.94. The quantitative estimate of drug-likeness (QED) is 0.692. The zero-order chi connectivity index (χ0) is 11.9. The van der Waals surface area contributed by atoms with E-state index in [0.717, 1.165) is 18.5 Å². The number of hydrogen-bond donors (Lipinski definition) is 0. The van der Waals surface area contributed by atoms with Gasteiger partial charge in [-0.2, -0.15) is 0 Å². The molecule has 2 heteroatoms. The van der Waals surface area contributed by atoms with E-state index in [4.69, 9.17) is 11.6 Å². The van der Waals surface area contributed by atoms with Crippen molar-refractivity contribution < 1.29 is 0 Å². The molecule has 0 aromatic heterocycles. The molecule has 0 aliphatic heterocycles. The molecule has 17 heavy (non-hydrogen) atoms. The Bertz CT molecular complexity index is 491. The largest absolute Gasteiger partial charge is 0.260 e. The van der Waals surface area contributed by atoms with Crippen LogP contribution in [0.1, 0.15) is 12.0 Å². The summed E-state index contributed by atoms with van der Waals surface area (Å²) in [5.41, 5.74) is 2.17. The molecular formula is C15H14ClN. The van der Waals surface area contributed by atoms with Crippen LogP contribution in [0.4, 0.5) is 5.69 Å². The smallest absolute Gasteiger partial charge is 0.0811 e. The fourth-order valence-electron chi connectivity index (χ4n) is 1.60. The number of nitrogens with zero attached hydrogens (tertiary/aromatic N) is 1. The van der Waals surface area contributed by atoms with Gasteiger partial charge < -0.3 is 0 Å². The Morgan fingerprint density at radius 1 is 0.941 bits per heavy atom. The van der Waals surface area contributed by atoms with E-state index in [1.54, 1.807) is 0 Å². The SMILES string of the molecule is Clc1ccccc1N=CCCc1ccccc1. The summed E-state index contributed by atoms with van der Waals surface area (Å²) in [5, 5.41) is 0.698. The second kappa shape index (κ2) is 6.21. The number of rotatable bonds is 4. The molecule has 0 radical (unpaired) electrons. The normalized spacial score (nSPS) is 10.9. The van der Waals surface area contributed by atoms with Crippen LogP contribution < -0.4 is 0 Å². The van der Waals surface area contributed by atoms with Crippen LogP contribution in [-0.4, -0.2) is 6.21 Å². The molecule has 0 bridgehead atoms. The summed E-state index contributed by atoms with van der Waals surface area (Å²) in [4.78, 5) is 4.36. The van der Waals surface area contributed by atoms with Crippen LogP contribution in [-0.2, 0) is 6.42 Å². The number of aliphatic imine (C=N–C) groups is 1. The first-order chi connectivity index (χ1) is 8.36. The summed E-state index contributed by atoms with van der Waals surface area (Å²) in [6, 6.07) is 18.0. The number of aryl methyl sites for hydroxylation is 1. The van der Waals surface area contributed by atoms with Gasteiger partial charge in [-0.05, 0) is 30.5 Å². The van der Waals surface area contributed by atoms with Gasteiger partial charge in [0, 0.05) is 6.21 Å². The standard InChI is InChI=1S/C15H14ClN/c16-14-10-4-5-11-15(14)17-12-6-9-13-7-2-1-3-8-13/h1-5,7-8,10-12H,6,9H2. The van der Waals surface area contributed by atoms with Gasteiger partial charge in [0.2, 0.25) is 0 Å². The Kier molecular flexibility index (Phi) is 4.34. The number of benzene rings is 2. The molecule has 0 aliphatic carbocycles. The molecule has 1 nitrogen and oxygen atoms in total. The first kappa shape index (κ1) is 11.9. The van der Waals surface area contributed by atoms with Crippen molar-refractivity contribution >= 4 is 23.5 Å². The summed E-state index contributed by atoms with van der Waals surface area (Å²) in [6.45, 7) is 0. The van der Waals surface area contributed by atoms with Gasteiger partial charge in [0.15, 0.2) is 0 Å². The lowest BCUT2D eigenvalue weighted by Crippen LogP contribution is -1.84. The lowest BCUT2D eigenvalue weighted by atomic mass is 10.1. The molecule has 0 N–H and O–H groups in total. The monoisotopic (exact) mass is 243 g/mol. The van der Waals surface area contributed by atoms with E-state index in [1.165, 1.54) is 5.56 Å². The van der Waals surface area contributed by atoms with Crippen molar-refractivity contribution in [2.75, 3.05) is 0 Å². The molecule has 0 saturated carbocycles. The van der Waals surface area contributed by atoms with Crippen molar-refractivity contribution in [1.29, 1.82) is 0 Å². The van der Waals surface area contributed by atoms with Crippen molar-refractivity contribution in [2.45, 2.75) is 12.8 Å². The zero-order valence-electron chi connectivity index (χ0n) is 9.51. The molecule has 2 rings (SSSR count). The predicted molar refractivity (Wildman–Crippen MR) is 74.4 cm³/mol. The highest BCUT2D eigenvalue weighted by Crippen LogP contribution is 2.23. The summed E-state index contributed by atoms with van der Waals surface area (Å²) in [5.74, 6) is 0. The Morgan fingerprint density at radius 3 is 2.41 bits per heavy atom. The van der Waals surface area contributed by atoms with Gasteiger partial charge in [0.05, 0.1) is 10.7 Å². The summed E-state index contributed by atoms with van der Waals surface area (Å²) in [7, 11) is 0. The summed E-state index contributed by atoms with van der Waals surface area (Å²) >= 11 is 6.01. The van der Waals surface area contributed by atoms with Crippen LogP contribution in [0.5, 0.6) is 0 Å². The van der Waals surface area contributed by atoms with Crippen LogP contribution in [0, 0.1) is 0 Å². The van der Waals surface area contributed by atoms with E-state index in [9.17, 15) is 0 Å². The third kappa shape index (κ3) is 3.72. The van der Waals surface area contributed by atoms with Crippen LogP contribution in [0.3, 0.4) is 0 Å². The molecule has 0 aliphatic rings. The minimum atomic E-state index is 0.698. The molecule has 0 unspecified atom stereocenters. The van der Waals surface area contributed by atoms with Gasteiger partial charge in [-0.25, -0.2) is 0 Å². The average molecular weight is 244 g/mol. The fraction of sp³-hybridized carbons (Fsp3) is 0.133. The minimum Gasteiger partial charge on any atom is -0.260 e. The van der Waals surface area contributed by atoms with Crippen LogP contribution >= 0.6 is 11.6 Å². The first-order valence-corrected chi connectivity index (χ1v) is 6.05. The highest BCUT2D eigenvalue weighted by atomic mass is 35.5. The Hall–Kier alpha value is -1.60. The summed E-state index contributed by atoms with van der Waals surface area (Å²) < 4.78 is 0. The van der Waals surface area contributed by atoms with Crippen molar-refractivity contribution in [1.82, 2.24) is 0 Å². The van der Waals surface area contributed by atoms with Crippen molar-refractivity contribution in [2.24, 2.45) is 4.99 Å². The van der Waals surface area contributed by atoms with Gasteiger partial charge in [0.25, 0.3) is 0 Å². The second-order valence-corrected chi connectivity index (χ2v) is 4.19. The molecule has 0 atom stereocenters. The fourth-order valence-corrected chi connectivity index (χ4v) is 1.78. The molecule has 86 valence electrons. The van der Waals surface area contributed by atoms with Gasteiger partial charge in [0.1, 0.15) is 0 Å². The van der Waals surface area contributed by atoms with Gasteiger partial charge in [-0.15, -0.1) is 0 Å². The van der Waals surface area contributed by atoms with E-state index in [1.807, 2.05) is 36.5 Å². The van der Waals surface area contributed by atoms with Crippen molar-refractivity contribution in [3.05, 3.63) is 65.2 Å². The molecule has 0 heterocycles. The number of hydrogen-bond acceptors (Lipinski definition) is 1. The lowest BCUT2D eigenvalue weighted by Gasteiger charge is -1.98. The highest BCUT2D eigenvalue weighted by molar-refractivity contribution is 6.33. The van der Waals surface area contributed by atoms with Crippen molar-refractivity contribution in [3.8, 4) is 0 Å².